The number of aromatic amines is 1. The van der Waals surface area contributed by atoms with Crippen LogP contribution >= 0.6 is 11.8 Å². The first-order valence-corrected chi connectivity index (χ1v) is 7.70. The zero-order valence-electron chi connectivity index (χ0n) is 11.8. The number of carbonyl (C=O) groups is 1. The van der Waals surface area contributed by atoms with Crippen molar-refractivity contribution in [1.82, 2.24) is 15.3 Å². The first-order chi connectivity index (χ1) is 9.60. The van der Waals surface area contributed by atoms with Gasteiger partial charge in [-0.05, 0) is 37.6 Å². The molecule has 0 saturated heterocycles. The molecule has 0 radical (unpaired) electrons. The van der Waals surface area contributed by atoms with Crippen molar-refractivity contribution in [1.29, 1.82) is 0 Å². The van der Waals surface area contributed by atoms with Crippen LogP contribution in [0.3, 0.4) is 0 Å². The molecule has 1 aromatic heterocycles. The number of aryl methyl sites for hydroxylation is 1. The van der Waals surface area contributed by atoms with Gasteiger partial charge in [0.2, 0.25) is 5.91 Å². The molecule has 0 aliphatic heterocycles. The van der Waals surface area contributed by atoms with Gasteiger partial charge in [-0.15, -0.1) is 0 Å². The summed E-state index contributed by atoms with van der Waals surface area (Å²) in [6.45, 7) is 4.89. The van der Waals surface area contributed by atoms with Crippen molar-refractivity contribution >= 4 is 28.7 Å². The smallest absolute Gasteiger partial charge is 0.235 e. The van der Waals surface area contributed by atoms with Gasteiger partial charge in [0.05, 0.1) is 17.1 Å². The van der Waals surface area contributed by atoms with Crippen LogP contribution in [0.1, 0.15) is 18.9 Å². The standard InChI is InChI=1S/C14H20N4OS/c1-3-6-16-12(13(15)19)8-20-14-17-10-5-4-9(2)7-11(10)18-14/h4-5,7,12,16H,3,6,8H2,1-2H3,(H2,15,19)(H,17,18). The molecule has 1 aromatic carbocycles. The van der Waals surface area contributed by atoms with E-state index in [1.54, 1.807) is 0 Å². The Bertz CT molecular complexity index is 596. The zero-order chi connectivity index (χ0) is 14.5. The molecule has 5 nitrogen and oxygen atoms in total. The van der Waals surface area contributed by atoms with Crippen molar-refractivity contribution in [3.63, 3.8) is 0 Å². The van der Waals surface area contributed by atoms with Gasteiger partial charge in [-0.3, -0.25) is 4.79 Å². The molecule has 1 unspecified atom stereocenters. The van der Waals surface area contributed by atoms with Gasteiger partial charge < -0.3 is 16.0 Å². The molecule has 0 aliphatic carbocycles. The number of hydrogen-bond acceptors (Lipinski definition) is 4. The van der Waals surface area contributed by atoms with Gasteiger partial charge in [0.25, 0.3) is 0 Å². The highest BCUT2D eigenvalue weighted by Crippen LogP contribution is 2.20. The molecule has 0 fully saturated rings. The maximum absolute atomic E-state index is 11.4. The molecule has 1 heterocycles. The first kappa shape index (κ1) is 14.9. The van der Waals surface area contributed by atoms with Crippen LogP contribution in [0.15, 0.2) is 23.4 Å². The average molecular weight is 292 g/mol. The summed E-state index contributed by atoms with van der Waals surface area (Å²) in [7, 11) is 0. The van der Waals surface area contributed by atoms with Gasteiger partial charge in [0, 0.05) is 5.75 Å². The van der Waals surface area contributed by atoms with E-state index >= 15 is 0 Å². The van der Waals surface area contributed by atoms with E-state index in [9.17, 15) is 4.79 Å². The third-order valence-corrected chi connectivity index (χ3v) is 3.95. The molecule has 108 valence electrons. The largest absolute Gasteiger partial charge is 0.368 e. The van der Waals surface area contributed by atoms with Crippen LogP contribution in [0.5, 0.6) is 0 Å². The van der Waals surface area contributed by atoms with Crippen LogP contribution in [0.25, 0.3) is 11.0 Å². The summed E-state index contributed by atoms with van der Waals surface area (Å²) >= 11 is 1.51. The second-order valence-electron chi connectivity index (χ2n) is 4.78. The van der Waals surface area contributed by atoms with Crippen LogP contribution in [-0.2, 0) is 4.79 Å². The Morgan fingerprint density at radius 2 is 2.35 bits per heavy atom. The number of nitrogens with zero attached hydrogens (tertiary/aromatic N) is 1. The summed E-state index contributed by atoms with van der Waals surface area (Å²) in [5.74, 6) is 0.256. The summed E-state index contributed by atoms with van der Waals surface area (Å²) in [5, 5.41) is 3.96. The summed E-state index contributed by atoms with van der Waals surface area (Å²) in [6.07, 6.45) is 0.971. The van der Waals surface area contributed by atoms with Gasteiger partial charge in [0.15, 0.2) is 5.16 Å². The average Bonchev–Trinajstić information content (AvgIpc) is 2.80. The second kappa shape index (κ2) is 6.76. The molecule has 0 saturated carbocycles. The molecule has 2 rings (SSSR count). The molecule has 1 amide bonds. The number of benzene rings is 1. The minimum absolute atomic E-state index is 0.321. The molecule has 0 aliphatic rings. The number of nitrogens with two attached hydrogens (primary N) is 1. The predicted molar refractivity (Wildman–Crippen MR) is 82.8 cm³/mol. The fourth-order valence-corrected chi connectivity index (χ4v) is 2.84. The molecule has 2 aromatic rings. The van der Waals surface area contributed by atoms with Crippen molar-refractivity contribution in [2.75, 3.05) is 12.3 Å². The molecule has 1 atom stereocenters. The Kier molecular flexibility index (Phi) is 5.03. The minimum Gasteiger partial charge on any atom is -0.368 e. The molecule has 0 bridgehead atoms. The maximum Gasteiger partial charge on any atom is 0.235 e. The first-order valence-electron chi connectivity index (χ1n) is 6.72. The van der Waals surface area contributed by atoms with Crippen LogP contribution in [0.4, 0.5) is 0 Å². The summed E-state index contributed by atoms with van der Waals surface area (Å²) in [5.41, 5.74) is 8.54. The SMILES string of the molecule is CCCNC(CSc1nc2ccc(C)cc2[nH]1)C(N)=O. The number of H-pyrrole nitrogens is 1. The van der Waals surface area contributed by atoms with Crippen LogP contribution in [-0.4, -0.2) is 34.2 Å². The van der Waals surface area contributed by atoms with E-state index < -0.39 is 0 Å². The number of carbonyl (C=O) groups excluding carboxylic acids is 1. The number of imidazole rings is 1. The lowest BCUT2D eigenvalue weighted by molar-refractivity contribution is -0.119. The van der Waals surface area contributed by atoms with E-state index in [0.29, 0.717) is 5.75 Å². The number of primary amides is 1. The van der Waals surface area contributed by atoms with E-state index in [2.05, 4.69) is 28.3 Å². The lowest BCUT2D eigenvalue weighted by atomic mass is 10.2. The molecule has 4 N–H and O–H groups in total. The van der Waals surface area contributed by atoms with Gasteiger partial charge in [-0.2, -0.15) is 0 Å². The number of rotatable bonds is 7. The number of fused-ring (bicyclic) bond motifs is 1. The monoisotopic (exact) mass is 292 g/mol. The second-order valence-corrected chi connectivity index (χ2v) is 5.79. The number of aromatic nitrogens is 2. The van der Waals surface area contributed by atoms with Crippen molar-refractivity contribution in [2.45, 2.75) is 31.5 Å². The van der Waals surface area contributed by atoms with E-state index in [1.165, 1.54) is 17.3 Å². The Morgan fingerprint density at radius 1 is 1.55 bits per heavy atom. The van der Waals surface area contributed by atoms with Gasteiger partial charge in [-0.25, -0.2) is 4.98 Å². The van der Waals surface area contributed by atoms with Crippen LogP contribution in [0, 0.1) is 6.92 Å². The Labute approximate surface area is 122 Å². The summed E-state index contributed by atoms with van der Waals surface area (Å²) < 4.78 is 0. The topological polar surface area (TPSA) is 83.8 Å². The molecule has 20 heavy (non-hydrogen) atoms. The lowest BCUT2D eigenvalue weighted by Gasteiger charge is -2.13. The highest BCUT2D eigenvalue weighted by Gasteiger charge is 2.15. The third kappa shape index (κ3) is 3.74. The number of thioether (sulfide) groups is 1. The Morgan fingerprint density at radius 3 is 3.05 bits per heavy atom. The van der Waals surface area contributed by atoms with Crippen molar-refractivity contribution < 1.29 is 4.79 Å². The number of nitrogens with one attached hydrogen (secondary N) is 2. The van der Waals surface area contributed by atoms with Gasteiger partial charge in [0.1, 0.15) is 0 Å². The minimum atomic E-state index is -0.324. The summed E-state index contributed by atoms with van der Waals surface area (Å²) in [6, 6.07) is 5.77. The Hall–Kier alpha value is -1.53. The molecular formula is C14H20N4OS. The molecular weight excluding hydrogens is 272 g/mol. The van der Waals surface area contributed by atoms with E-state index in [1.807, 2.05) is 19.1 Å². The predicted octanol–water partition coefficient (Wildman–Crippen LogP) is 1.82. The quantitative estimate of drug-likeness (QED) is 0.680. The third-order valence-electron chi connectivity index (χ3n) is 2.99. The van der Waals surface area contributed by atoms with Gasteiger partial charge in [-0.1, -0.05) is 24.8 Å². The van der Waals surface area contributed by atoms with E-state index in [4.69, 9.17) is 5.73 Å². The highest BCUT2D eigenvalue weighted by atomic mass is 32.2. The fourth-order valence-electron chi connectivity index (χ4n) is 1.89. The van der Waals surface area contributed by atoms with Crippen molar-refractivity contribution in [2.24, 2.45) is 5.73 Å². The Balaban J connectivity index is 2.02. The number of amides is 1. The molecule has 6 heteroatoms. The lowest BCUT2D eigenvalue weighted by Crippen LogP contribution is -2.43. The normalized spacial score (nSPS) is 12.7. The van der Waals surface area contributed by atoms with Gasteiger partial charge >= 0.3 is 0 Å². The fraction of sp³-hybridized carbons (Fsp3) is 0.429. The summed E-state index contributed by atoms with van der Waals surface area (Å²) in [4.78, 5) is 19.1. The zero-order valence-corrected chi connectivity index (χ0v) is 12.6. The van der Waals surface area contributed by atoms with E-state index in [-0.39, 0.29) is 11.9 Å². The maximum atomic E-state index is 11.4. The van der Waals surface area contributed by atoms with Crippen molar-refractivity contribution in [3.05, 3.63) is 23.8 Å². The van der Waals surface area contributed by atoms with Crippen LogP contribution in [0.2, 0.25) is 0 Å². The van der Waals surface area contributed by atoms with Crippen molar-refractivity contribution in [3.8, 4) is 0 Å². The van der Waals surface area contributed by atoms with Crippen LogP contribution < -0.4 is 11.1 Å². The molecule has 0 spiro atoms. The number of hydrogen-bond donors (Lipinski definition) is 3. The van der Waals surface area contributed by atoms with E-state index in [0.717, 1.165) is 29.2 Å². The highest BCUT2D eigenvalue weighted by molar-refractivity contribution is 7.99.